The molecule has 0 heterocycles. The number of nitro benzene ring substituents is 1. The van der Waals surface area contributed by atoms with Crippen LogP contribution in [0.25, 0.3) is 0 Å². The number of hydrogen-bond donors (Lipinski definition) is 0. The topological polar surface area (TPSA) is 97.6 Å². The molecule has 0 aliphatic heterocycles. The molecule has 0 saturated heterocycles. The maximum Gasteiger partial charge on any atom is 0.288 e. The number of rotatable bonds is 5. The number of sulfone groups is 1. The number of halogens is 1. The molecule has 0 spiro atoms. The summed E-state index contributed by atoms with van der Waals surface area (Å²) in [6.45, 7) is 1.78. The van der Waals surface area contributed by atoms with Crippen LogP contribution in [0.1, 0.15) is 28.9 Å². The average Bonchev–Trinajstić information content (AvgIpc) is 2.59. The minimum Gasteiger partial charge on any atom is -0.335 e. The van der Waals surface area contributed by atoms with Crippen LogP contribution >= 0.6 is 11.6 Å². The molecule has 1 atom stereocenters. The quantitative estimate of drug-likeness (QED) is 0.569. The Morgan fingerprint density at radius 2 is 1.77 bits per heavy atom. The summed E-state index contributed by atoms with van der Waals surface area (Å²) in [5.74, 6) is -0.413. The lowest BCUT2D eigenvalue weighted by molar-refractivity contribution is -0.384. The first-order valence-electron chi connectivity index (χ1n) is 7.53. The Bertz CT molecular complexity index is 958. The van der Waals surface area contributed by atoms with Gasteiger partial charge >= 0.3 is 0 Å². The zero-order valence-electron chi connectivity index (χ0n) is 14.3. The molecule has 0 saturated carbocycles. The second-order valence-electron chi connectivity index (χ2n) is 5.86. The highest BCUT2D eigenvalue weighted by Crippen LogP contribution is 2.27. The molecule has 2 aromatic rings. The van der Waals surface area contributed by atoms with E-state index in [1.807, 2.05) is 0 Å². The minimum atomic E-state index is -3.30. The number of amides is 1. The summed E-state index contributed by atoms with van der Waals surface area (Å²) in [7, 11) is -1.73. The van der Waals surface area contributed by atoms with Gasteiger partial charge in [0, 0.05) is 24.9 Å². The van der Waals surface area contributed by atoms with Crippen molar-refractivity contribution >= 4 is 33.0 Å². The van der Waals surface area contributed by atoms with Crippen molar-refractivity contribution in [3.8, 4) is 0 Å². The summed E-state index contributed by atoms with van der Waals surface area (Å²) in [5, 5.41) is 10.9. The van der Waals surface area contributed by atoms with Crippen molar-refractivity contribution in [1.29, 1.82) is 0 Å². The van der Waals surface area contributed by atoms with Gasteiger partial charge in [0.05, 0.1) is 15.9 Å². The SMILES string of the molecule is CC(c1ccc(S(C)(=O)=O)cc1)N(C)C(=O)c1ccc(Cl)c([N+](=O)[O-])c1. The van der Waals surface area contributed by atoms with Gasteiger partial charge in [0.1, 0.15) is 5.02 Å². The first-order valence-corrected chi connectivity index (χ1v) is 9.80. The predicted molar refractivity (Wildman–Crippen MR) is 98.2 cm³/mol. The van der Waals surface area contributed by atoms with Crippen LogP contribution in [-0.4, -0.2) is 37.5 Å². The third-order valence-corrected chi connectivity index (χ3v) is 5.53. The molecule has 0 aromatic heterocycles. The molecule has 9 heteroatoms. The van der Waals surface area contributed by atoms with Crippen molar-refractivity contribution in [2.45, 2.75) is 17.9 Å². The fourth-order valence-corrected chi connectivity index (χ4v) is 3.20. The van der Waals surface area contributed by atoms with Crippen LogP contribution < -0.4 is 0 Å². The molecule has 138 valence electrons. The van der Waals surface area contributed by atoms with Crippen molar-refractivity contribution in [2.75, 3.05) is 13.3 Å². The molecule has 26 heavy (non-hydrogen) atoms. The number of benzene rings is 2. The molecule has 0 N–H and O–H groups in total. The third-order valence-electron chi connectivity index (χ3n) is 4.08. The molecule has 2 aromatic carbocycles. The lowest BCUT2D eigenvalue weighted by Crippen LogP contribution is -2.29. The molecule has 0 aliphatic rings. The van der Waals surface area contributed by atoms with E-state index in [4.69, 9.17) is 11.6 Å². The molecular formula is C17H17ClN2O5S. The van der Waals surface area contributed by atoms with Gasteiger partial charge < -0.3 is 4.90 Å². The fraction of sp³-hybridized carbons (Fsp3) is 0.235. The average molecular weight is 397 g/mol. The largest absolute Gasteiger partial charge is 0.335 e. The lowest BCUT2D eigenvalue weighted by atomic mass is 10.1. The maximum atomic E-state index is 12.6. The highest BCUT2D eigenvalue weighted by atomic mass is 35.5. The smallest absolute Gasteiger partial charge is 0.288 e. The van der Waals surface area contributed by atoms with E-state index in [0.717, 1.165) is 17.9 Å². The van der Waals surface area contributed by atoms with Gasteiger partial charge in [-0.2, -0.15) is 0 Å². The van der Waals surface area contributed by atoms with Crippen LogP contribution in [0.4, 0.5) is 5.69 Å². The van der Waals surface area contributed by atoms with Gasteiger partial charge in [0.15, 0.2) is 9.84 Å². The molecule has 0 bridgehead atoms. The van der Waals surface area contributed by atoms with Crippen LogP contribution in [0.5, 0.6) is 0 Å². The van der Waals surface area contributed by atoms with E-state index in [2.05, 4.69) is 0 Å². The second-order valence-corrected chi connectivity index (χ2v) is 8.28. The predicted octanol–water partition coefficient (Wildman–Crippen LogP) is 3.48. The summed E-state index contributed by atoms with van der Waals surface area (Å²) in [6.07, 6.45) is 1.12. The highest BCUT2D eigenvalue weighted by molar-refractivity contribution is 7.90. The Balaban J connectivity index is 2.27. The lowest BCUT2D eigenvalue weighted by Gasteiger charge is -2.25. The first kappa shape index (κ1) is 19.9. The third kappa shape index (κ3) is 4.20. The summed E-state index contributed by atoms with van der Waals surface area (Å²) < 4.78 is 23.1. The molecular weight excluding hydrogens is 380 g/mol. The van der Waals surface area contributed by atoms with Gasteiger partial charge in [0.25, 0.3) is 11.6 Å². The zero-order valence-corrected chi connectivity index (χ0v) is 15.9. The molecule has 2 rings (SSSR count). The van der Waals surface area contributed by atoms with Crippen LogP contribution in [-0.2, 0) is 9.84 Å². The number of nitrogens with zero attached hydrogens (tertiary/aromatic N) is 2. The van der Waals surface area contributed by atoms with E-state index in [-0.39, 0.29) is 27.2 Å². The van der Waals surface area contributed by atoms with E-state index in [1.165, 1.54) is 29.2 Å². The van der Waals surface area contributed by atoms with Gasteiger partial charge in [-0.05, 0) is 36.8 Å². The Morgan fingerprint density at radius 1 is 1.19 bits per heavy atom. The standard InChI is InChI=1S/C17H17ClN2O5S/c1-11(12-4-7-14(8-5-12)26(3,24)25)19(2)17(21)13-6-9-15(18)16(10-13)20(22)23/h4-11H,1-3H3. The molecule has 1 amide bonds. The number of hydrogen-bond acceptors (Lipinski definition) is 5. The fourth-order valence-electron chi connectivity index (χ4n) is 2.38. The second kappa shape index (κ2) is 7.43. The van der Waals surface area contributed by atoms with Gasteiger partial charge in [-0.25, -0.2) is 8.42 Å². The van der Waals surface area contributed by atoms with E-state index in [9.17, 15) is 23.3 Å². The maximum absolute atomic E-state index is 12.6. The monoisotopic (exact) mass is 396 g/mol. The van der Waals surface area contributed by atoms with E-state index >= 15 is 0 Å². The molecule has 1 unspecified atom stereocenters. The first-order chi connectivity index (χ1) is 12.0. The summed E-state index contributed by atoms with van der Waals surface area (Å²) >= 11 is 5.77. The van der Waals surface area contributed by atoms with Gasteiger partial charge in [-0.3, -0.25) is 14.9 Å². The summed E-state index contributed by atoms with van der Waals surface area (Å²) in [6, 6.07) is 9.73. The highest BCUT2D eigenvalue weighted by Gasteiger charge is 2.22. The van der Waals surface area contributed by atoms with Crippen LogP contribution in [0.15, 0.2) is 47.4 Å². The Kier molecular flexibility index (Phi) is 5.68. The molecule has 0 aliphatic carbocycles. The summed E-state index contributed by atoms with van der Waals surface area (Å²) in [4.78, 5) is 24.6. The van der Waals surface area contributed by atoms with Crippen LogP contribution in [0.3, 0.4) is 0 Å². The number of carbonyl (C=O) groups excluding carboxylic acids is 1. The van der Waals surface area contributed by atoms with E-state index < -0.39 is 20.7 Å². The van der Waals surface area contributed by atoms with Gasteiger partial charge in [-0.1, -0.05) is 23.7 Å². The summed E-state index contributed by atoms with van der Waals surface area (Å²) in [5.41, 5.74) is 0.538. The molecule has 7 nitrogen and oxygen atoms in total. The molecule has 0 radical (unpaired) electrons. The van der Waals surface area contributed by atoms with Gasteiger partial charge in [-0.15, -0.1) is 0 Å². The minimum absolute atomic E-state index is 0.0429. The molecule has 0 fully saturated rings. The Hall–Kier alpha value is -2.45. The Morgan fingerprint density at radius 3 is 2.27 bits per heavy atom. The van der Waals surface area contributed by atoms with Crippen molar-refractivity contribution in [3.63, 3.8) is 0 Å². The van der Waals surface area contributed by atoms with Crippen molar-refractivity contribution in [1.82, 2.24) is 4.90 Å². The normalized spacial score (nSPS) is 12.5. The van der Waals surface area contributed by atoms with Crippen LogP contribution in [0.2, 0.25) is 5.02 Å². The number of nitro groups is 1. The zero-order chi connectivity index (χ0) is 19.6. The van der Waals surface area contributed by atoms with Crippen molar-refractivity contribution < 1.29 is 18.1 Å². The van der Waals surface area contributed by atoms with E-state index in [1.54, 1.807) is 26.1 Å². The van der Waals surface area contributed by atoms with Crippen molar-refractivity contribution in [2.24, 2.45) is 0 Å². The van der Waals surface area contributed by atoms with Crippen LogP contribution in [0, 0.1) is 10.1 Å². The van der Waals surface area contributed by atoms with E-state index in [0.29, 0.717) is 0 Å². The van der Waals surface area contributed by atoms with Crippen molar-refractivity contribution in [3.05, 3.63) is 68.7 Å². The number of carbonyl (C=O) groups is 1. The van der Waals surface area contributed by atoms with Gasteiger partial charge in [0.2, 0.25) is 0 Å². The Labute approximate surface area is 156 Å².